The van der Waals surface area contributed by atoms with Crippen molar-refractivity contribution in [2.75, 3.05) is 9.80 Å². The van der Waals surface area contributed by atoms with Crippen molar-refractivity contribution in [2.45, 2.75) is 49.4 Å². The molecule has 0 unspecified atom stereocenters. The van der Waals surface area contributed by atoms with Gasteiger partial charge in [-0.2, -0.15) is 0 Å². The van der Waals surface area contributed by atoms with E-state index in [4.69, 9.17) is 4.42 Å². The molecule has 2 aromatic heterocycles. The van der Waals surface area contributed by atoms with E-state index in [1.807, 2.05) is 17.4 Å². The predicted molar refractivity (Wildman–Crippen MR) is 588 cm³/mol. The van der Waals surface area contributed by atoms with E-state index >= 15 is 0 Å². The third-order valence-electron chi connectivity index (χ3n) is 31.6. The monoisotopic (exact) mass is 1800 g/mol. The summed E-state index contributed by atoms with van der Waals surface area (Å²) in [5, 5.41) is 9.69. The zero-order valence-electron chi connectivity index (χ0n) is 77.9. The summed E-state index contributed by atoms with van der Waals surface area (Å²) < 4.78 is 8.88. The van der Waals surface area contributed by atoms with Gasteiger partial charge in [-0.15, -0.1) is 11.3 Å². The van der Waals surface area contributed by atoms with Gasteiger partial charge in [-0.25, -0.2) is 0 Å². The molecule has 0 bridgehead atoms. The average molecular weight is 1800 g/mol. The maximum Gasteiger partial charge on any atom is 0.135 e. The van der Waals surface area contributed by atoms with Gasteiger partial charge in [0.05, 0.1) is 22.2 Å². The van der Waals surface area contributed by atoms with E-state index < -0.39 is 10.8 Å². The van der Waals surface area contributed by atoms with Gasteiger partial charge in [-0.05, 0) is 299 Å². The fourth-order valence-electron chi connectivity index (χ4n) is 24.9. The molecule has 4 heteroatoms. The van der Waals surface area contributed by atoms with Gasteiger partial charge in [0, 0.05) is 75.7 Å². The Kier molecular flexibility index (Phi) is 18.2. The zero-order chi connectivity index (χ0) is 92.9. The molecule has 22 aromatic carbocycles. The first-order valence-electron chi connectivity index (χ1n) is 48.9. The molecule has 0 fully saturated rings. The number of benzene rings is 22. The molecule has 3 nitrogen and oxygen atoms in total. The van der Waals surface area contributed by atoms with Gasteiger partial charge in [-0.3, -0.25) is 0 Å². The highest BCUT2D eigenvalue weighted by Gasteiger charge is 2.50. The number of hydrogen-bond acceptors (Lipinski definition) is 4. The van der Waals surface area contributed by atoms with Gasteiger partial charge in [0.25, 0.3) is 0 Å². The molecule has 24 aromatic rings. The Labute approximate surface area is 818 Å². The summed E-state index contributed by atoms with van der Waals surface area (Å²) in [6.07, 6.45) is 0. The number of thiophene rings is 1. The van der Waals surface area contributed by atoms with Crippen LogP contribution in [0.1, 0.15) is 94.5 Å². The van der Waals surface area contributed by atoms with E-state index in [1.54, 1.807) is 0 Å². The lowest BCUT2D eigenvalue weighted by molar-refractivity contribution is 0.660. The van der Waals surface area contributed by atoms with Crippen LogP contribution in [0.5, 0.6) is 0 Å². The molecular formula is C136H92N2OS. The van der Waals surface area contributed by atoms with E-state index in [0.29, 0.717) is 0 Å². The molecule has 0 atom stereocenters. The van der Waals surface area contributed by atoms with Crippen molar-refractivity contribution in [3.8, 4) is 100 Å². The molecular weight excluding hydrogens is 1710 g/mol. The van der Waals surface area contributed by atoms with Crippen molar-refractivity contribution in [1.29, 1.82) is 0 Å². The van der Waals surface area contributed by atoms with Crippen molar-refractivity contribution in [3.05, 3.63) is 552 Å². The Morgan fingerprint density at radius 3 is 1.08 bits per heavy atom. The van der Waals surface area contributed by atoms with Crippen molar-refractivity contribution < 1.29 is 4.42 Å². The molecule has 0 aliphatic heterocycles. The van der Waals surface area contributed by atoms with Crippen LogP contribution in [-0.4, -0.2) is 0 Å². The Bertz CT molecular complexity index is 9160. The number of hydrogen-bond donors (Lipinski definition) is 0. The van der Waals surface area contributed by atoms with Crippen LogP contribution >= 0.6 is 11.3 Å². The first-order valence-corrected chi connectivity index (χ1v) is 49.7. The SMILES string of the molecule is CC1(C)c2cc(-c3ccc4ccccc4c3)ccc2-c2ccc(N(c3ccc(-c4ccc5sc6c(-c7ccc8ccc(-c9ccc%10c(c9)C(C)(C)c9cc(N(c%11ccc(-c%12ccc%13oc%14ccccc%14c%13c%12)cc%11)c%11cccc%12c%11-c%11ccccc%11C%12(c%11ccccc%11)c%11ccccc%11)ccc9-%10)cc8c7)cccc6c5c4)cc3)c3cccc4c3-c3ccccc3C4(c3ccccc3)c3ccccc3)cc21. The van der Waals surface area contributed by atoms with Crippen LogP contribution in [0.25, 0.3) is 164 Å². The molecule has 0 spiro atoms. The van der Waals surface area contributed by atoms with Crippen LogP contribution in [0.4, 0.5) is 34.1 Å². The first-order chi connectivity index (χ1) is 68.9. The maximum atomic E-state index is 6.33. The van der Waals surface area contributed by atoms with Crippen LogP contribution < -0.4 is 9.80 Å². The molecule has 4 aliphatic carbocycles. The van der Waals surface area contributed by atoms with Crippen LogP contribution in [0.2, 0.25) is 0 Å². The van der Waals surface area contributed by atoms with Gasteiger partial charge in [0.15, 0.2) is 0 Å². The minimum Gasteiger partial charge on any atom is -0.456 e. The maximum absolute atomic E-state index is 6.33. The van der Waals surface area contributed by atoms with Crippen molar-refractivity contribution >= 4 is 109 Å². The minimum atomic E-state index is -0.578. The molecule has 658 valence electrons. The number of furan rings is 1. The summed E-state index contributed by atoms with van der Waals surface area (Å²) in [6.45, 7) is 9.69. The Balaban J connectivity index is 0.509. The van der Waals surface area contributed by atoms with Gasteiger partial charge < -0.3 is 14.2 Å². The first kappa shape index (κ1) is 81.3. The van der Waals surface area contributed by atoms with E-state index in [0.717, 1.165) is 72.8 Å². The molecule has 0 amide bonds. The number of fused-ring (bicyclic) bond motifs is 20. The normalized spacial score (nSPS) is 13.9. The molecule has 4 aliphatic rings. The smallest absolute Gasteiger partial charge is 0.135 e. The standard InChI is InChI=1S/C136H92N2OS/c1-133(2)121-81-94(90-53-50-85-28-17-18-29-89(85)76-90)60-70-107(121)109-72-68-105(83-123(109)133)138(126-48-27-46-120-131(126)114-40-20-23-44-118(114)136(120,100-34-13-7-14-35-100)101-36-15-8-16-37-101)103-66-58-87(59-67-103)93-63-75-129-116(80-93)112-42-25-41-106(132(112)140-129)96-55-52-88-51-54-91(77-97(88)78-96)95-61-71-108-110-73-69-104(84-124(110)134(3,4)122(108)82-95)137(102-64-56-86(57-65-102)92-62-74-128-115(79-92)111-38-21-24-49-127(111)139-128)125-47-26-45-119-130(125)113-39-19-22-43-117(113)135(119,98-30-9-5-10-31-98)99-32-11-6-12-33-99/h5-84H,1-4H3. The van der Waals surface area contributed by atoms with Gasteiger partial charge in [-0.1, -0.05) is 392 Å². The number of rotatable bonds is 15. The fraction of sp³-hybridized carbons (Fsp3) is 0.0588. The third kappa shape index (κ3) is 12.2. The van der Waals surface area contributed by atoms with Crippen molar-refractivity contribution in [3.63, 3.8) is 0 Å². The van der Waals surface area contributed by atoms with E-state index in [9.17, 15) is 0 Å². The minimum absolute atomic E-state index is 0.300. The van der Waals surface area contributed by atoms with Gasteiger partial charge in [0.2, 0.25) is 0 Å². The van der Waals surface area contributed by atoms with E-state index in [2.05, 4.69) is 517 Å². The summed E-state index contributed by atoms with van der Waals surface area (Å²) in [5.41, 5.74) is 43.9. The van der Waals surface area contributed by atoms with E-state index in [-0.39, 0.29) is 10.8 Å². The second kappa shape index (κ2) is 31.3. The lowest BCUT2D eigenvalue weighted by Crippen LogP contribution is -2.28. The second-order valence-corrected chi connectivity index (χ2v) is 40.6. The number of para-hydroxylation sites is 1. The molecule has 2 heterocycles. The Hall–Kier alpha value is -17.0. The topological polar surface area (TPSA) is 19.6 Å². The fourth-order valence-corrected chi connectivity index (χ4v) is 26.2. The predicted octanol–water partition coefficient (Wildman–Crippen LogP) is 36.9. The highest BCUT2D eigenvalue weighted by atomic mass is 32.1. The van der Waals surface area contributed by atoms with Crippen LogP contribution in [0.3, 0.4) is 0 Å². The Morgan fingerprint density at radius 1 is 0.200 bits per heavy atom. The van der Waals surface area contributed by atoms with Crippen LogP contribution in [0, 0.1) is 0 Å². The number of anilines is 6. The summed E-state index contributed by atoms with van der Waals surface area (Å²) in [7, 11) is 0. The zero-order valence-corrected chi connectivity index (χ0v) is 78.7. The quantitative estimate of drug-likeness (QED) is 0.102. The van der Waals surface area contributed by atoms with Crippen molar-refractivity contribution in [1.82, 2.24) is 0 Å². The highest BCUT2D eigenvalue weighted by molar-refractivity contribution is 7.26. The van der Waals surface area contributed by atoms with Crippen LogP contribution in [-0.2, 0) is 21.7 Å². The third-order valence-corrected chi connectivity index (χ3v) is 32.8. The molecule has 140 heavy (non-hydrogen) atoms. The summed E-state index contributed by atoms with van der Waals surface area (Å²) in [6, 6.07) is 183. The largest absolute Gasteiger partial charge is 0.456 e. The second-order valence-electron chi connectivity index (χ2n) is 39.6. The molecule has 0 radical (unpaired) electrons. The summed E-state index contributed by atoms with van der Waals surface area (Å²) in [5.74, 6) is 0. The molecule has 28 rings (SSSR count). The molecule has 0 saturated carbocycles. The summed E-state index contributed by atoms with van der Waals surface area (Å²) in [4.78, 5) is 5.08. The summed E-state index contributed by atoms with van der Waals surface area (Å²) >= 11 is 1.89. The van der Waals surface area contributed by atoms with Crippen LogP contribution in [0.15, 0.2) is 490 Å². The van der Waals surface area contributed by atoms with Crippen molar-refractivity contribution in [2.24, 2.45) is 0 Å². The van der Waals surface area contributed by atoms with E-state index in [1.165, 1.54) is 192 Å². The van der Waals surface area contributed by atoms with Gasteiger partial charge in [0.1, 0.15) is 11.2 Å². The lowest BCUT2D eigenvalue weighted by atomic mass is 9.68. The number of nitrogens with zero attached hydrogens (tertiary/aromatic N) is 2. The average Bonchev–Trinajstić information content (AvgIpc) is 1.52. The molecule has 0 saturated heterocycles. The highest BCUT2D eigenvalue weighted by Crippen LogP contribution is 2.64. The Morgan fingerprint density at radius 2 is 0.550 bits per heavy atom. The van der Waals surface area contributed by atoms with Gasteiger partial charge >= 0.3 is 0 Å². The molecule has 0 N–H and O–H groups in total. The lowest BCUT2D eigenvalue weighted by Gasteiger charge is -2.34.